The van der Waals surface area contributed by atoms with Crippen LogP contribution >= 0.6 is 23.2 Å². The number of rotatable bonds is 13. The van der Waals surface area contributed by atoms with Crippen LogP contribution in [0.15, 0.2) is 182 Å². The molecule has 0 bridgehead atoms. The molecule has 0 aliphatic heterocycles. The second-order valence-corrected chi connectivity index (χ2v) is 15.8. The number of anilines is 2. The Morgan fingerprint density at radius 1 is 0.591 bits per heavy atom. The average molecular weight is 918 g/mol. The number of nitrogens with two attached hydrogens (primary N) is 2. The van der Waals surface area contributed by atoms with Crippen LogP contribution in [0, 0.1) is 0 Å². The SMILES string of the molecule is C.CCOC(=O)c1cc(N)cc(-c2ccccc2-c2cc(Cl)ccc2OCc2ccccc2)c1.Nc1cc(C(=O)O)cc(C2=C(c3cc(Cl)ccc3OCc3ccccc3)C=CC=CC2)c1. The number of aromatic carboxylic acids is 1. The van der Waals surface area contributed by atoms with Gasteiger partial charge in [0.2, 0.25) is 0 Å². The summed E-state index contributed by atoms with van der Waals surface area (Å²) in [6.45, 7) is 2.92. The lowest BCUT2D eigenvalue weighted by molar-refractivity contribution is 0.0526. The summed E-state index contributed by atoms with van der Waals surface area (Å²) >= 11 is 12.7. The van der Waals surface area contributed by atoms with Gasteiger partial charge in [-0.25, -0.2) is 9.59 Å². The second kappa shape index (κ2) is 22.9. The van der Waals surface area contributed by atoms with Crippen LogP contribution in [0.4, 0.5) is 11.4 Å². The highest BCUT2D eigenvalue weighted by atomic mass is 35.5. The van der Waals surface area contributed by atoms with E-state index in [9.17, 15) is 14.7 Å². The van der Waals surface area contributed by atoms with Gasteiger partial charge in [0.1, 0.15) is 24.7 Å². The highest BCUT2D eigenvalue weighted by molar-refractivity contribution is 6.31. The first kappa shape index (κ1) is 47.9. The third-order valence-electron chi connectivity index (χ3n) is 10.4. The van der Waals surface area contributed by atoms with E-state index < -0.39 is 11.9 Å². The molecule has 1 aliphatic rings. The summed E-state index contributed by atoms with van der Waals surface area (Å²) in [5.74, 6) is -0.0156. The molecule has 66 heavy (non-hydrogen) atoms. The van der Waals surface area contributed by atoms with Crippen LogP contribution < -0.4 is 20.9 Å². The summed E-state index contributed by atoms with van der Waals surface area (Å²) in [5.41, 5.74) is 22.7. The van der Waals surface area contributed by atoms with E-state index in [0.717, 1.165) is 55.7 Å². The Bertz CT molecular complexity index is 2910. The standard InChI is InChI=1S/C28H24ClNO3.C27H22ClNO3.CH4/c1-2-32-28(31)21-14-20(15-23(30)16-21)24-10-6-7-11-25(24)26-17-22(29)12-13-27(26)33-18-19-8-4-3-5-9-19;28-21-11-12-26(32-17-18-7-3-1-4-8-18)25(16-21)24-10-6-2-5-9-23(24)19-13-20(27(30)31)15-22(29)14-19;/h3-17H,2,18,30H2,1H3;1-8,10-16H,9,17,29H2,(H,30,31);1H4. The van der Waals surface area contributed by atoms with Crippen molar-refractivity contribution in [1.82, 2.24) is 0 Å². The van der Waals surface area contributed by atoms with Gasteiger partial charge in [0.25, 0.3) is 0 Å². The summed E-state index contributed by atoms with van der Waals surface area (Å²) in [6.07, 6.45) is 8.54. The molecule has 0 unspecified atom stereocenters. The van der Waals surface area contributed by atoms with Crippen molar-refractivity contribution in [2.45, 2.75) is 34.0 Å². The summed E-state index contributed by atoms with van der Waals surface area (Å²) in [6, 6.07) is 49.1. The number of hydrogen-bond acceptors (Lipinski definition) is 7. The summed E-state index contributed by atoms with van der Waals surface area (Å²) in [5, 5.41) is 10.7. The second-order valence-electron chi connectivity index (χ2n) is 15.0. The number of ether oxygens (including phenoxy) is 3. The summed E-state index contributed by atoms with van der Waals surface area (Å²) < 4.78 is 17.5. The van der Waals surface area contributed by atoms with E-state index in [4.69, 9.17) is 48.9 Å². The zero-order chi connectivity index (χ0) is 45.7. The highest BCUT2D eigenvalue weighted by Crippen LogP contribution is 2.41. The van der Waals surface area contributed by atoms with Crippen LogP contribution in [0.1, 0.15) is 63.7 Å². The van der Waals surface area contributed by atoms with Crippen LogP contribution in [0.2, 0.25) is 10.0 Å². The largest absolute Gasteiger partial charge is 0.488 e. The van der Waals surface area contributed by atoms with E-state index in [1.807, 2.05) is 146 Å². The van der Waals surface area contributed by atoms with Crippen molar-refractivity contribution in [2.75, 3.05) is 18.1 Å². The lowest BCUT2D eigenvalue weighted by atomic mass is 9.91. The maximum atomic E-state index is 12.3. The number of esters is 1. The number of carbonyl (C=O) groups is 2. The monoisotopic (exact) mass is 916 g/mol. The molecule has 5 N–H and O–H groups in total. The van der Waals surface area contributed by atoms with Crippen LogP contribution in [-0.4, -0.2) is 23.7 Å². The van der Waals surface area contributed by atoms with Gasteiger partial charge in [-0.05, 0) is 131 Å². The van der Waals surface area contributed by atoms with E-state index in [1.165, 1.54) is 6.07 Å². The molecular formula is C56H50Cl2N2O6. The Balaban J connectivity index is 0.000000215. The van der Waals surface area contributed by atoms with Gasteiger partial charge in [0.15, 0.2) is 0 Å². The Morgan fingerprint density at radius 2 is 1.12 bits per heavy atom. The number of carboxylic acid groups (broad SMARTS) is 1. The van der Waals surface area contributed by atoms with Crippen molar-refractivity contribution in [3.8, 4) is 33.8 Å². The maximum Gasteiger partial charge on any atom is 0.338 e. The molecule has 0 fully saturated rings. The Kier molecular flexibility index (Phi) is 16.6. The number of benzene rings is 7. The van der Waals surface area contributed by atoms with E-state index >= 15 is 0 Å². The first-order valence-corrected chi connectivity index (χ1v) is 21.6. The Labute approximate surface area is 396 Å². The number of hydrogen-bond donors (Lipinski definition) is 3. The normalized spacial score (nSPS) is 11.7. The molecular weight excluding hydrogens is 868 g/mol. The number of allylic oxidation sites excluding steroid dienone is 6. The minimum atomic E-state index is -1.02. The molecule has 0 aromatic heterocycles. The number of carbonyl (C=O) groups excluding carboxylic acids is 1. The van der Waals surface area contributed by atoms with Gasteiger partial charge in [-0.2, -0.15) is 0 Å². The molecule has 0 amide bonds. The lowest BCUT2D eigenvalue weighted by Gasteiger charge is -2.17. The highest BCUT2D eigenvalue weighted by Gasteiger charge is 2.19. The van der Waals surface area contributed by atoms with Crippen LogP contribution in [0.25, 0.3) is 33.4 Å². The van der Waals surface area contributed by atoms with E-state index in [-0.39, 0.29) is 13.0 Å². The van der Waals surface area contributed by atoms with Gasteiger partial charge in [-0.15, -0.1) is 0 Å². The van der Waals surface area contributed by atoms with Crippen molar-refractivity contribution < 1.29 is 28.9 Å². The zero-order valence-corrected chi connectivity index (χ0v) is 37.1. The molecule has 7 aromatic carbocycles. The Hall–Kier alpha value is -7.52. The number of carboxylic acids is 1. The van der Waals surface area contributed by atoms with Gasteiger partial charge in [0.05, 0.1) is 17.7 Å². The molecule has 0 saturated carbocycles. The van der Waals surface area contributed by atoms with Crippen LogP contribution in [-0.2, 0) is 18.0 Å². The van der Waals surface area contributed by atoms with Crippen molar-refractivity contribution >= 4 is 57.7 Å². The fourth-order valence-corrected chi connectivity index (χ4v) is 7.70. The molecule has 0 radical (unpaired) electrons. The molecule has 0 atom stereocenters. The number of halogens is 2. The summed E-state index contributed by atoms with van der Waals surface area (Å²) in [7, 11) is 0. The van der Waals surface area contributed by atoms with Gasteiger partial charge in [0, 0.05) is 32.5 Å². The van der Waals surface area contributed by atoms with E-state index in [0.29, 0.717) is 64.7 Å². The van der Waals surface area contributed by atoms with Crippen LogP contribution in [0.3, 0.4) is 0 Å². The average Bonchev–Trinajstić information content (AvgIpc) is 3.58. The van der Waals surface area contributed by atoms with E-state index in [2.05, 4.69) is 0 Å². The number of nitrogen functional groups attached to an aromatic ring is 2. The van der Waals surface area contributed by atoms with Crippen molar-refractivity contribution in [2.24, 2.45) is 0 Å². The molecule has 334 valence electrons. The fourth-order valence-electron chi connectivity index (χ4n) is 7.36. The first-order chi connectivity index (χ1) is 31.6. The maximum absolute atomic E-state index is 12.3. The topological polar surface area (TPSA) is 134 Å². The van der Waals surface area contributed by atoms with Crippen LogP contribution in [0.5, 0.6) is 11.5 Å². The van der Waals surface area contributed by atoms with Crippen molar-refractivity contribution in [1.29, 1.82) is 0 Å². The van der Waals surface area contributed by atoms with Gasteiger partial charge < -0.3 is 30.8 Å². The lowest BCUT2D eigenvalue weighted by Crippen LogP contribution is -2.05. The smallest absolute Gasteiger partial charge is 0.338 e. The molecule has 7 aromatic rings. The predicted octanol–water partition coefficient (Wildman–Crippen LogP) is 14.3. The molecule has 0 heterocycles. The van der Waals surface area contributed by atoms with Crippen molar-refractivity contribution in [3.05, 3.63) is 225 Å². The molecule has 8 nitrogen and oxygen atoms in total. The minimum Gasteiger partial charge on any atom is -0.488 e. The fraction of sp³-hybridized carbons (Fsp3) is 0.107. The third-order valence-corrected chi connectivity index (χ3v) is 10.8. The molecule has 8 rings (SSSR count). The summed E-state index contributed by atoms with van der Waals surface area (Å²) in [4.78, 5) is 23.9. The molecule has 0 spiro atoms. The third kappa shape index (κ3) is 12.4. The van der Waals surface area contributed by atoms with Crippen molar-refractivity contribution in [3.63, 3.8) is 0 Å². The predicted molar refractivity (Wildman–Crippen MR) is 270 cm³/mol. The zero-order valence-electron chi connectivity index (χ0n) is 35.5. The minimum absolute atomic E-state index is 0. The van der Waals surface area contributed by atoms with Gasteiger partial charge in [-0.1, -0.05) is 140 Å². The van der Waals surface area contributed by atoms with Gasteiger partial charge >= 0.3 is 11.9 Å². The van der Waals surface area contributed by atoms with Gasteiger partial charge in [-0.3, -0.25) is 0 Å². The quantitative estimate of drug-likeness (QED) is 0.0769. The van der Waals surface area contributed by atoms with E-state index in [1.54, 1.807) is 37.3 Å². The molecule has 0 saturated heterocycles. The first-order valence-electron chi connectivity index (χ1n) is 20.9. The molecule has 10 heteroatoms. The Morgan fingerprint density at radius 3 is 1.73 bits per heavy atom. The molecule has 1 aliphatic carbocycles.